The Morgan fingerprint density at radius 2 is 1.53 bits per heavy atom. The van der Waals surface area contributed by atoms with Crippen LogP contribution in [0.25, 0.3) is 0 Å². The molecule has 2 aromatic rings. The molecule has 0 fully saturated rings. The summed E-state index contributed by atoms with van der Waals surface area (Å²) in [6.07, 6.45) is 0.707. The number of nitrogen functional groups attached to an aromatic ring is 2. The summed E-state index contributed by atoms with van der Waals surface area (Å²) in [4.78, 5) is 0. The molecule has 0 bridgehead atoms. The van der Waals surface area contributed by atoms with Gasteiger partial charge >= 0.3 is 0 Å². The fourth-order valence-corrected chi connectivity index (χ4v) is 2.02. The van der Waals surface area contributed by atoms with Crippen LogP contribution >= 0.6 is 23.2 Å². The monoisotopic (exact) mass is 266 g/mol. The molecule has 0 saturated carbocycles. The van der Waals surface area contributed by atoms with E-state index in [4.69, 9.17) is 34.7 Å². The molecular weight excluding hydrogens is 255 g/mol. The van der Waals surface area contributed by atoms with Gasteiger partial charge in [-0.2, -0.15) is 0 Å². The molecule has 0 aliphatic heterocycles. The van der Waals surface area contributed by atoms with Crippen LogP contribution < -0.4 is 11.5 Å². The van der Waals surface area contributed by atoms with E-state index in [2.05, 4.69) is 0 Å². The summed E-state index contributed by atoms with van der Waals surface area (Å²) < 4.78 is 0. The SMILES string of the molecule is Nc1ccc(Cc2cc(Cl)c(N)cc2Cl)cc1. The van der Waals surface area contributed by atoms with E-state index in [9.17, 15) is 0 Å². The maximum atomic E-state index is 6.12. The summed E-state index contributed by atoms with van der Waals surface area (Å²) in [7, 11) is 0. The van der Waals surface area contributed by atoms with Crippen molar-refractivity contribution in [3.8, 4) is 0 Å². The molecule has 4 heteroatoms. The molecule has 2 aromatic carbocycles. The Morgan fingerprint density at radius 1 is 0.882 bits per heavy atom. The van der Waals surface area contributed by atoms with Crippen LogP contribution in [0.3, 0.4) is 0 Å². The lowest BCUT2D eigenvalue weighted by Gasteiger charge is -2.07. The van der Waals surface area contributed by atoms with Gasteiger partial charge in [-0.3, -0.25) is 0 Å². The molecule has 0 unspecified atom stereocenters. The normalized spacial score (nSPS) is 10.5. The van der Waals surface area contributed by atoms with Gasteiger partial charge in [0.2, 0.25) is 0 Å². The fourth-order valence-electron chi connectivity index (χ4n) is 1.59. The zero-order chi connectivity index (χ0) is 12.4. The Balaban J connectivity index is 2.30. The van der Waals surface area contributed by atoms with E-state index in [-0.39, 0.29) is 0 Å². The third-order valence-electron chi connectivity index (χ3n) is 2.54. The Kier molecular flexibility index (Phi) is 3.46. The van der Waals surface area contributed by atoms with E-state index in [0.29, 0.717) is 22.2 Å². The molecule has 0 aromatic heterocycles. The molecule has 0 saturated heterocycles. The van der Waals surface area contributed by atoms with Crippen molar-refractivity contribution in [2.75, 3.05) is 11.5 Å². The van der Waals surface area contributed by atoms with Crippen LogP contribution in [0.15, 0.2) is 36.4 Å². The molecule has 0 spiro atoms. The molecule has 2 rings (SSSR count). The summed E-state index contributed by atoms with van der Waals surface area (Å²) in [5.74, 6) is 0. The van der Waals surface area contributed by atoms with Crippen LogP contribution in [0.5, 0.6) is 0 Å². The lowest BCUT2D eigenvalue weighted by molar-refractivity contribution is 1.19. The number of halogens is 2. The fraction of sp³-hybridized carbons (Fsp3) is 0.0769. The number of hydrogen-bond donors (Lipinski definition) is 2. The minimum atomic E-state index is 0.498. The highest BCUT2D eigenvalue weighted by atomic mass is 35.5. The first-order valence-corrected chi connectivity index (χ1v) is 5.89. The highest BCUT2D eigenvalue weighted by Gasteiger charge is 2.06. The van der Waals surface area contributed by atoms with Crippen molar-refractivity contribution in [3.05, 3.63) is 57.6 Å². The molecule has 0 radical (unpaired) electrons. The Hall–Kier alpha value is -1.38. The van der Waals surface area contributed by atoms with Crippen molar-refractivity contribution in [2.24, 2.45) is 0 Å². The number of hydrogen-bond acceptors (Lipinski definition) is 2. The van der Waals surface area contributed by atoms with Gasteiger partial charge in [-0.1, -0.05) is 35.3 Å². The van der Waals surface area contributed by atoms with Gasteiger partial charge in [0.25, 0.3) is 0 Å². The van der Waals surface area contributed by atoms with Gasteiger partial charge < -0.3 is 11.5 Å². The van der Waals surface area contributed by atoms with Crippen molar-refractivity contribution in [2.45, 2.75) is 6.42 Å². The minimum Gasteiger partial charge on any atom is -0.399 e. The predicted molar refractivity (Wildman–Crippen MR) is 74.5 cm³/mol. The summed E-state index contributed by atoms with van der Waals surface area (Å²) in [5, 5.41) is 1.16. The van der Waals surface area contributed by atoms with Gasteiger partial charge in [-0.15, -0.1) is 0 Å². The van der Waals surface area contributed by atoms with Crippen molar-refractivity contribution in [1.82, 2.24) is 0 Å². The smallest absolute Gasteiger partial charge is 0.0639 e. The van der Waals surface area contributed by atoms with Crippen molar-refractivity contribution in [1.29, 1.82) is 0 Å². The maximum Gasteiger partial charge on any atom is 0.0639 e. The minimum absolute atomic E-state index is 0.498. The van der Waals surface area contributed by atoms with Crippen LogP contribution in [0, 0.1) is 0 Å². The Bertz CT molecular complexity index is 536. The molecule has 88 valence electrons. The first-order valence-electron chi connectivity index (χ1n) is 5.14. The second-order valence-corrected chi connectivity index (χ2v) is 4.70. The number of rotatable bonds is 2. The summed E-state index contributed by atoms with van der Waals surface area (Å²) >= 11 is 12.1. The van der Waals surface area contributed by atoms with E-state index in [1.54, 1.807) is 12.1 Å². The van der Waals surface area contributed by atoms with Crippen LogP contribution in [-0.2, 0) is 6.42 Å². The summed E-state index contributed by atoms with van der Waals surface area (Å²) in [6.45, 7) is 0. The van der Waals surface area contributed by atoms with E-state index in [1.807, 2.05) is 24.3 Å². The highest BCUT2D eigenvalue weighted by Crippen LogP contribution is 2.28. The molecule has 2 nitrogen and oxygen atoms in total. The highest BCUT2D eigenvalue weighted by molar-refractivity contribution is 6.35. The average Bonchev–Trinajstić information content (AvgIpc) is 2.29. The zero-order valence-electron chi connectivity index (χ0n) is 9.08. The third kappa shape index (κ3) is 2.84. The van der Waals surface area contributed by atoms with E-state index < -0.39 is 0 Å². The topological polar surface area (TPSA) is 52.0 Å². The molecule has 0 amide bonds. The molecular formula is C13H12Cl2N2. The number of benzene rings is 2. The van der Waals surface area contributed by atoms with E-state index in [1.165, 1.54) is 0 Å². The Morgan fingerprint density at radius 3 is 2.18 bits per heavy atom. The second-order valence-electron chi connectivity index (χ2n) is 3.88. The zero-order valence-corrected chi connectivity index (χ0v) is 10.6. The number of nitrogens with two attached hydrogens (primary N) is 2. The third-order valence-corrected chi connectivity index (χ3v) is 3.22. The maximum absolute atomic E-state index is 6.12. The van der Waals surface area contributed by atoms with Crippen LogP contribution in [-0.4, -0.2) is 0 Å². The second kappa shape index (κ2) is 4.86. The van der Waals surface area contributed by atoms with Gasteiger partial charge in [-0.25, -0.2) is 0 Å². The first-order chi connectivity index (χ1) is 8.06. The van der Waals surface area contributed by atoms with Gasteiger partial charge in [-0.05, 0) is 41.8 Å². The summed E-state index contributed by atoms with van der Waals surface area (Å²) in [6, 6.07) is 11.1. The van der Waals surface area contributed by atoms with Crippen molar-refractivity contribution < 1.29 is 0 Å². The average molecular weight is 267 g/mol. The van der Waals surface area contributed by atoms with Gasteiger partial charge in [0, 0.05) is 10.7 Å². The van der Waals surface area contributed by atoms with Gasteiger partial charge in [0.15, 0.2) is 0 Å². The van der Waals surface area contributed by atoms with Gasteiger partial charge in [0.05, 0.1) is 10.7 Å². The van der Waals surface area contributed by atoms with Gasteiger partial charge in [0.1, 0.15) is 0 Å². The molecule has 17 heavy (non-hydrogen) atoms. The lowest BCUT2D eigenvalue weighted by Crippen LogP contribution is -1.94. The molecule has 0 atom stereocenters. The van der Waals surface area contributed by atoms with Crippen LogP contribution in [0.1, 0.15) is 11.1 Å². The first kappa shape index (κ1) is 12.1. The molecule has 0 aliphatic rings. The van der Waals surface area contributed by atoms with Crippen LogP contribution in [0.4, 0.5) is 11.4 Å². The van der Waals surface area contributed by atoms with Crippen LogP contribution in [0.2, 0.25) is 10.0 Å². The van der Waals surface area contributed by atoms with E-state index in [0.717, 1.165) is 16.8 Å². The number of anilines is 2. The lowest BCUT2D eigenvalue weighted by atomic mass is 10.0. The standard InChI is InChI=1S/C13H12Cl2N2/c14-11-7-13(17)12(15)6-9(11)5-8-1-3-10(16)4-2-8/h1-4,6-7H,5,16-17H2. The Labute approximate surface area is 110 Å². The molecule has 0 heterocycles. The molecule has 0 aliphatic carbocycles. The van der Waals surface area contributed by atoms with E-state index >= 15 is 0 Å². The van der Waals surface area contributed by atoms with Crippen molar-refractivity contribution in [3.63, 3.8) is 0 Å². The van der Waals surface area contributed by atoms with Crippen molar-refractivity contribution >= 4 is 34.6 Å². The summed E-state index contributed by atoms with van der Waals surface area (Å²) in [5.41, 5.74) is 14.6. The largest absolute Gasteiger partial charge is 0.399 e. The quantitative estimate of drug-likeness (QED) is 0.814. The predicted octanol–water partition coefficient (Wildman–Crippen LogP) is 3.75. The molecule has 4 N–H and O–H groups in total.